The zero-order valence-corrected chi connectivity index (χ0v) is 10.3. The van der Waals surface area contributed by atoms with Gasteiger partial charge in [0.05, 0.1) is 6.57 Å². The number of rotatable bonds is 3. The Bertz CT molecular complexity index is 649. The maximum absolute atomic E-state index is 9.83. The van der Waals surface area contributed by atoms with Crippen LogP contribution in [0.4, 0.5) is 0 Å². The number of hydrogen-bond donors (Lipinski definition) is 1. The number of hydrogen-bond acceptors (Lipinski definition) is 1. The summed E-state index contributed by atoms with van der Waals surface area (Å²) in [5.41, 5.74) is 2.63. The largest absolute Gasteiger partial charge is 0.507 e. The van der Waals surface area contributed by atoms with Crippen molar-refractivity contribution in [2.24, 2.45) is 0 Å². The van der Waals surface area contributed by atoms with Gasteiger partial charge < -0.3 is 5.11 Å². The van der Waals surface area contributed by atoms with Crippen molar-refractivity contribution < 1.29 is 5.11 Å². The highest BCUT2D eigenvalue weighted by atomic mass is 16.3. The number of phenolic OH excluding ortho intramolecular Hbond substituents is 1. The van der Waals surface area contributed by atoms with Crippen LogP contribution in [0.3, 0.4) is 0 Å². The molecule has 0 spiro atoms. The summed E-state index contributed by atoms with van der Waals surface area (Å²) in [5, 5.41) is 9.83. The molecule has 0 bridgehead atoms. The van der Waals surface area contributed by atoms with Gasteiger partial charge in [0.2, 0.25) is 0 Å². The average molecular weight is 247 g/mol. The molecule has 19 heavy (non-hydrogen) atoms. The molecule has 0 saturated heterocycles. The first-order valence-corrected chi connectivity index (χ1v) is 5.89. The Morgan fingerprint density at radius 1 is 0.895 bits per heavy atom. The van der Waals surface area contributed by atoms with Gasteiger partial charge >= 0.3 is 0 Å². The van der Waals surface area contributed by atoms with Crippen molar-refractivity contribution in [3.63, 3.8) is 0 Å². The van der Waals surface area contributed by atoms with Crippen LogP contribution in [0.15, 0.2) is 54.7 Å². The van der Waals surface area contributed by atoms with Crippen molar-refractivity contribution in [3.8, 4) is 5.75 Å². The smallest absolute Gasteiger partial charge is 0.154 e. The predicted octanol–water partition coefficient (Wildman–Crippen LogP) is 4.45. The molecule has 0 atom stereocenters. The average Bonchev–Trinajstić information content (AvgIpc) is 2.45. The molecule has 0 aliphatic carbocycles. The minimum absolute atomic E-state index is 0.176. The fraction of sp³-hybridized carbons (Fsp3) is 0. The molecule has 0 heterocycles. The van der Waals surface area contributed by atoms with Crippen molar-refractivity contribution in [3.05, 3.63) is 82.8 Å². The van der Waals surface area contributed by atoms with Gasteiger partial charge in [0.1, 0.15) is 5.75 Å². The first-order valence-electron chi connectivity index (χ1n) is 5.89. The van der Waals surface area contributed by atoms with E-state index in [1.807, 2.05) is 48.6 Å². The highest BCUT2D eigenvalue weighted by Crippen LogP contribution is 2.24. The molecule has 2 nitrogen and oxygen atoms in total. The van der Waals surface area contributed by atoms with Crippen LogP contribution in [0.2, 0.25) is 0 Å². The van der Waals surface area contributed by atoms with Gasteiger partial charge in [-0.2, -0.15) is 0 Å². The second kappa shape index (κ2) is 6.23. The molecule has 2 rings (SSSR count). The summed E-state index contributed by atoms with van der Waals surface area (Å²) in [6, 6.07) is 15.2. The SMILES string of the molecule is [C-]#[N+]/C=C/c1c(O)cccc1/C=C/c1ccccc1. The zero-order valence-electron chi connectivity index (χ0n) is 10.3. The van der Waals surface area contributed by atoms with Crippen LogP contribution in [0.25, 0.3) is 23.1 Å². The van der Waals surface area contributed by atoms with Crippen LogP contribution in [0.5, 0.6) is 5.75 Å². The Morgan fingerprint density at radius 3 is 2.42 bits per heavy atom. The van der Waals surface area contributed by atoms with E-state index in [4.69, 9.17) is 6.57 Å². The summed E-state index contributed by atoms with van der Waals surface area (Å²) in [7, 11) is 0. The standard InChI is InChI=1S/C17H13NO/c1-18-13-12-16-15(8-5-9-17(16)19)11-10-14-6-3-2-4-7-14/h2-13,19H/b11-10+,13-12+. The predicted molar refractivity (Wildman–Crippen MR) is 79.1 cm³/mol. The second-order valence-corrected chi connectivity index (χ2v) is 3.97. The summed E-state index contributed by atoms with van der Waals surface area (Å²) in [5.74, 6) is 0.176. The van der Waals surface area contributed by atoms with Crippen LogP contribution >= 0.6 is 0 Å². The van der Waals surface area contributed by atoms with Gasteiger partial charge in [-0.25, -0.2) is 4.85 Å². The highest BCUT2D eigenvalue weighted by Gasteiger charge is 2.01. The molecule has 0 unspecified atom stereocenters. The zero-order chi connectivity index (χ0) is 13.5. The Kier molecular flexibility index (Phi) is 4.15. The van der Waals surface area contributed by atoms with Crippen LogP contribution in [0, 0.1) is 6.57 Å². The van der Waals surface area contributed by atoms with Gasteiger partial charge in [0, 0.05) is 5.56 Å². The summed E-state index contributed by atoms with van der Waals surface area (Å²) in [6.07, 6.45) is 6.87. The third-order valence-electron chi connectivity index (χ3n) is 2.69. The Hall–Kier alpha value is -2.79. The van der Waals surface area contributed by atoms with Crippen molar-refractivity contribution in [1.29, 1.82) is 0 Å². The first-order chi connectivity index (χ1) is 9.31. The Balaban J connectivity index is 2.35. The molecule has 0 aliphatic rings. The topological polar surface area (TPSA) is 24.6 Å². The quantitative estimate of drug-likeness (QED) is 0.628. The van der Waals surface area contributed by atoms with Crippen LogP contribution in [-0.2, 0) is 0 Å². The van der Waals surface area contributed by atoms with E-state index in [2.05, 4.69) is 4.85 Å². The minimum Gasteiger partial charge on any atom is -0.507 e. The monoisotopic (exact) mass is 247 g/mol. The molecule has 92 valence electrons. The molecule has 0 saturated carbocycles. The van der Waals surface area contributed by atoms with Crippen LogP contribution in [-0.4, -0.2) is 5.11 Å². The molecule has 2 heteroatoms. The van der Waals surface area contributed by atoms with E-state index < -0.39 is 0 Å². The van der Waals surface area contributed by atoms with Crippen molar-refractivity contribution >= 4 is 18.2 Å². The molecular weight excluding hydrogens is 234 g/mol. The number of benzene rings is 2. The summed E-state index contributed by atoms with van der Waals surface area (Å²) in [6.45, 7) is 6.77. The van der Waals surface area contributed by atoms with Gasteiger partial charge in [0.25, 0.3) is 0 Å². The fourth-order valence-electron chi connectivity index (χ4n) is 1.76. The van der Waals surface area contributed by atoms with Crippen LogP contribution < -0.4 is 0 Å². The van der Waals surface area contributed by atoms with E-state index >= 15 is 0 Å². The van der Waals surface area contributed by atoms with E-state index in [-0.39, 0.29) is 5.75 Å². The fourth-order valence-corrected chi connectivity index (χ4v) is 1.76. The van der Waals surface area contributed by atoms with Crippen molar-refractivity contribution in [1.82, 2.24) is 0 Å². The van der Waals surface area contributed by atoms with E-state index in [0.717, 1.165) is 11.1 Å². The Morgan fingerprint density at radius 2 is 1.68 bits per heavy atom. The van der Waals surface area contributed by atoms with Crippen molar-refractivity contribution in [2.75, 3.05) is 0 Å². The first kappa shape index (κ1) is 12.7. The van der Waals surface area contributed by atoms with Crippen LogP contribution in [0.1, 0.15) is 16.7 Å². The van der Waals surface area contributed by atoms with Gasteiger partial charge in [-0.05, 0) is 17.2 Å². The number of phenols is 1. The van der Waals surface area contributed by atoms with Crippen molar-refractivity contribution in [2.45, 2.75) is 0 Å². The molecule has 0 aliphatic heterocycles. The minimum atomic E-state index is 0.176. The van der Waals surface area contributed by atoms with E-state index in [9.17, 15) is 5.11 Å². The number of aromatic hydroxyl groups is 1. The van der Waals surface area contributed by atoms with E-state index in [1.165, 1.54) is 6.20 Å². The molecule has 1 N–H and O–H groups in total. The summed E-state index contributed by atoms with van der Waals surface area (Å²) < 4.78 is 0. The maximum atomic E-state index is 9.83. The lowest BCUT2D eigenvalue weighted by atomic mass is 10.0. The lowest BCUT2D eigenvalue weighted by molar-refractivity contribution is 0.474. The molecule has 0 radical (unpaired) electrons. The summed E-state index contributed by atoms with van der Waals surface area (Å²) in [4.78, 5) is 3.17. The molecule has 0 aromatic heterocycles. The second-order valence-electron chi connectivity index (χ2n) is 3.97. The van der Waals surface area contributed by atoms with Gasteiger partial charge in [-0.1, -0.05) is 60.7 Å². The van der Waals surface area contributed by atoms with E-state index in [0.29, 0.717) is 5.56 Å². The maximum Gasteiger partial charge on any atom is 0.154 e. The molecule has 2 aromatic carbocycles. The molecule has 2 aromatic rings. The lowest BCUT2D eigenvalue weighted by Gasteiger charge is -2.03. The molecule has 0 fully saturated rings. The lowest BCUT2D eigenvalue weighted by Crippen LogP contribution is -1.81. The molecule has 0 amide bonds. The van der Waals surface area contributed by atoms with E-state index in [1.54, 1.807) is 18.2 Å². The summed E-state index contributed by atoms with van der Waals surface area (Å²) >= 11 is 0. The molecular formula is C17H13NO. The third kappa shape index (κ3) is 3.34. The van der Waals surface area contributed by atoms with Gasteiger partial charge in [-0.3, -0.25) is 0 Å². The van der Waals surface area contributed by atoms with Gasteiger partial charge in [0.15, 0.2) is 6.20 Å². The normalized spacial score (nSPS) is 10.9. The van der Waals surface area contributed by atoms with Gasteiger partial charge in [-0.15, -0.1) is 0 Å². The Labute approximate surface area is 112 Å². The third-order valence-corrected chi connectivity index (χ3v) is 2.69. The number of nitrogens with zero attached hydrogens (tertiary/aromatic N) is 1. The highest BCUT2D eigenvalue weighted by molar-refractivity contribution is 5.77.